The van der Waals surface area contributed by atoms with E-state index in [1.54, 1.807) is 18.5 Å². The zero-order chi connectivity index (χ0) is 11.0. The highest BCUT2D eigenvalue weighted by Crippen LogP contribution is 2.19. The van der Waals surface area contributed by atoms with E-state index in [1.807, 2.05) is 18.2 Å². The second-order valence-corrected chi connectivity index (χ2v) is 3.43. The molecule has 0 aliphatic heterocycles. The van der Waals surface area contributed by atoms with Crippen LogP contribution in [-0.2, 0) is 0 Å². The number of imidazole rings is 1. The summed E-state index contributed by atoms with van der Waals surface area (Å²) < 4.78 is 0. The molecule has 3 aromatic heterocycles. The number of fused-ring (bicyclic) bond motifs is 1. The van der Waals surface area contributed by atoms with Crippen LogP contribution in [-0.4, -0.2) is 19.9 Å². The van der Waals surface area contributed by atoms with Crippen LogP contribution < -0.4 is 5.73 Å². The number of nitrogen functional groups attached to an aromatic ring is 1. The molecule has 0 amide bonds. The number of aromatic nitrogens is 4. The van der Waals surface area contributed by atoms with Gasteiger partial charge in [-0.25, -0.2) is 15.0 Å². The van der Waals surface area contributed by atoms with Crippen molar-refractivity contribution < 1.29 is 0 Å². The van der Waals surface area contributed by atoms with E-state index in [4.69, 9.17) is 5.73 Å². The van der Waals surface area contributed by atoms with Crippen molar-refractivity contribution in [3.63, 3.8) is 0 Å². The molecule has 78 valence electrons. The van der Waals surface area contributed by atoms with Gasteiger partial charge < -0.3 is 10.7 Å². The largest absolute Gasteiger partial charge is 0.384 e. The molecule has 3 aromatic rings. The number of H-pyrrole nitrogens is 1. The Kier molecular flexibility index (Phi) is 1.83. The highest BCUT2D eigenvalue weighted by atomic mass is 15.0. The van der Waals surface area contributed by atoms with Crippen LogP contribution in [0.3, 0.4) is 0 Å². The Morgan fingerprint density at radius 1 is 1.12 bits per heavy atom. The van der Waals surface area contributed by atoms with Crippen LogP contribution in [0.1, 0.15) is 0 Å². The smallest absolute Gasteiger partial charge is 0.178 e. The van der Waals surface area contributed by atoms with E-state index in [2.05, 4.69) is 19.9 Å². The molecule has 0 spiro atoms. The zero-order valence-corrected chi connectivity index (χ0v) is 8.38. The summed E-state index contributed by atoms with van der Waals surface area (Å²) in [6, 6.07) is 7.43. The Hall–Kier alpha value is -2.43. The van der Waals surface area contributed by atoms with Crippen molar-refractivity contribution in [2.24, 2.45) is 0 Å². The first-order valence-corrected chi connectivity index (χ1v) is 4.85. The highest BCUT2D eigenvalue weighted by molar-refractivity contribution is 5.75. The second kappa shape index (κ2) is 3.30. The van der Waals surface area contributed by atoms with Crippen molar-refractivity contribution in [3.05, 3.63) is 36.7 Å². The molecule has 3 heterocycles. The third-order valence-corrected chi connectivity index (χ3v) is 2.31. The summed E-state index contributed by atoms with van der Waals surface area (Å²) in [5, 5.41) is 0. The van der Waals surface area contributed by atoms with Crippen LogP contribution in [0.4, 0.5) is 5.82 Å². The predicted molar refractivity (Wildman–Crippen MR) is 61.5 cm³/mol. The predicted octanol–water partition coefficient (Wildman–Crippen LogP) is 1.60. The fourth-order valence-electron chi connectivity index (χ4n) is 1.58. The van der Waals surface area contributed by atoms with Crippen molar-refractivity contribution in [1.82, 2.24) is 19.9 Å². The van der Waals surface area contributed by atoms with Crippen LogP contribution in [0, 0.1) is 0 Å². The number of nitrogens with zero attached hydrogens (tertiary/aromatic N) is 3. The van der Waals surface area contributed by atoms with Gasteiger partial charge in [0.25, 0.3) is 0 Å². The van der Waals surface area contributed by atoms with E-state index in [0.717, 1.165) is 16.9 Å². The van der Waals surface area contributed by atoms with Gasteiger partial charge in [0.15, 0.2) is 5.65 Å². The topological polar surface area (TPSA) is 80.5 Å². The molecular formula is C11H9N5. The number of hydrogen-bond acceptors (Lipinski definition) is 4. The minimum atomic E-state index is 0.478. The maximum absolute atomic E-state index is 5.62. The average Bonchev–Trinajstić information content (AvgIpc) is 2.72. The number of anilines is 1. The molecular weight excluding hydrogens is 202 g/mol. The molecule has 0 atom stereocenters. The van der Waals surface area contributed by atoms with Gasteiger partial charge >= 0.3 is 0 Å². The third kappa shape index (κ3) is 1.38. The Morgan fingerprint density at radius 2 is 2.06 bits per heavy atom. The first kappa shape index (κ1) is 8.84. The van der Waals surface area contributed by atoms with Gasteiger partial charge in [-0.3, -0.25) is 0 Å². The molecule has 3 N–H and O–H groups in total. The van der Waals surface area contributed by atoms with Gasteiger partial charge in [0.05, 0.1) is 5.52 Å². The molecule has 5 heteroatoms. The van der Waals surface area contributed by atoms with Crippen LogP contribution >= 0.6 is 0 Å². The average molecular weight is 211 g/mol. The molecule has 0 unspecified atom stereocenters. The summed E-state index contributed by atoms with van der Waals surface area (Å²) in [5.41, 5.74) is 8.14. The number of nitrogens with two attached hydrogens (primary N) is 1. The standard InChI is InChI=1S/C11H9N5/c12-9-6-7(3-5-13-9)10-15-8-2-1-4-14-11(8)16-10/h1-6H,(H2,12,13)(H,14,15,16). The molecule has 0 bridgehead atoms. The van der Waals surface area contributed by atoms with Crippen LogP contribution in [0.15, 0.2) is 36.7 Å². The molecule has 5 nitrogen and oxygen atoms in total. The van der Waals surface area contributed by atoms with E-state index in [9.17, 15) is 0 Å². The SMILES string of the molecule is Nc1cc(-c2nc3ncccc3[nH]2)ccn1. The van der Waals surface area contributed by atoms with Crippen molar-refractivity contribution >= 4 is 17.0 Å². The first-order valence-electron chi connectivity index (χ1n) is 4.85. The molecule has 0 saturated heterocycles. The minimum Gasteiger partial charge on any atom is -0.384 e. The molecule has 0 aliphatic rings. The normalized spacial score (nSPS) is 10.8. The minimum absolute atomic E-state index is 0.478. The van der Waals surface area contributed by atoms with E-state index in [-0.39, 0.29) is 0 Å². The maximum Gasteiger partial charge on any atom is 0.178 e. The number of rotatable bonds is 1. The van der Waals surface area contributed by atoms with Crippen molar-refractivity contribution in [2.45, 2.75) is 0 Å². The Morgan fingerprint density at radius 3 is 2.88 bits per heavy atom. The van der Waals surface area contributed by atoms with E-state index in [0.29, 0.717) is 11.5 Å². The lowest BCUT2D eigenvalue weighted by atomic mass is 10.2. The number of aromatic amines is 1. The lowest BCUT2D eigenvalue weighted by molar-refractivity contribution is 1.28. The molecule has 0 aromatic carbocycles. The Labute approximate surface area is 91.4 Å². The lowest BCUT2D eigenvalue weighted by Gasteiger charge is -1.96. The number of pyridine rings is 2. The summed E-state index contributed by atoms with van der Waals surface area (Å²) in [4.78, 5) is 15.7. The van der Waals surface area contributed by atoms with Crippen LogP contribution in [0.25, 0.3) is 22.6 Å². The van der Waals surface area contributed by atoms with Gasteiger partial charge in [-0.05, 0) is 24.3 Å². The Bertz CT molecular complexity index is 610. The van der Waals surface area contributed by atoms with Gasteiger partial charge in [-0.1, -0.05) is 0 Å². The first-order chi connectivity index (χ1) is 7.83. The lowest BCUT2D eigenvalue weighted by Crippen LogP contribution is -1.90. The van der Waals surface area contributed by atoms with E-state index in [1.165, 1.54) is 0 Å². The fourth-order valence-corrected chi connectivity index (χ4v) is 1.58. The van der Waals surface area contributed by atoms with E-state index < -0.39 is 0 Å². The third-order valence-electron chi connectivity index (χ3n) is 2.31. The number of nitrogens with one attached hydrogen (secondary N) is 1. The fraction of sp³-hybridized carbons (Fsp3) is 0. The quantitative estimate of drug-likeness (QED) is 0.640. The molecule has 0 radical (unpaired) electrons. The zero-order valence-electron chi connectivity index (χ0n) is 8.38. The summed E-state index contributed by atoms with van der Waals surface area (Å²) in [6.45, 7) is 0. The van der Waals surface area contributed by atoms with Gasteiger partial charge in [0.1, 0.15) is 11.6 Å². The van der Waals surface area contributed by atoms with Gasteiger partial charge in [0, 0.05) is 18.0 Å². The van der Waals surface area contributed by atoms with Crippen LogP contribution in [0.5, 0.6) is 0 Å². The van der Waals surface area contributed by atoms with E-state index >= 15 is 0 Å². The Balaban J connectivity index is 2.19. The highest BCUT2D eigenvalue weighted by Gasteiger charge is 2.05. The van der Waals surface area contributed by atoms with Gasteiger partial charge in [-0.2, -0.15) is 0 Å². The number of hydrogen-bond donors (Lipinski definition) is 2. The summed E-state index contributed by atoms with van der Waals surface area (Å²) in [6.07, 6.45) is 3.37. The second-order valence-electron chi connectivity index (χ2n) is 3.43. The molecule has 0 aliphatic carbocycles. The van der Waals surface area contributed by atoms with Crippen LogP contribution in [0.2, 0.25) is 0 Å². The molecule has 0 saturated carbocycles. The van der Waals surface area contributed by atoms with Crippen molar-refractivity contribution in [2.75, 3.05) is 5.73 Å². The van der Waals surface area contributed by atoms with Crippen molar-refractivity contribution in [3.8, 4) is 11.4 Å². The van der Waals surface area contributed by atoms with Gasteiger partial charge in [-0.15, -0.1) is 0 Å². The molecule has 3 rings (SSSR count). The monoisotopic (exact) mass is 211 g/mol. The molecule has 0 fully saturated rings. The summed E-state index contributed by atoms with van der Waals surface area (Å²) in [7, 11) is 0. The maximum atomic E-state index is 5.62. The molecule has 16 heavy (non-hydrogen) atoms. The van der Waals surface area contributed by atoms with Crippen molar-refractivity contribution in [1.29, 1.82) is 0 Å². The summed E-state index contributed by atoms with van der Waals surface area (Å²) >= 11 is 0. The summed E-state index contributed by atoms with van der Waals surface area (Å²) in [5.74, 6) is 1.23. The van der Waals surface area contributed by atoms with Gasteiger partial charge in [0.2, 0.25) is 0 Å².